The molecule has 1 aromatic carbocycles. The standard InChI is InChI=1S/C25H33N3O/c1-20-8-3-4-10-23(20)25(12-5-6-13-25)24(29)28-15-11-22(19-28)18-27(2)17-21-9-7-14-26-16-21/h3-4,7-10,14,16,22H,5-6,11-13,15,17-19H2,1-2H3. The van der Waals surface area contributed by atoms with Crippen molar-refractivity contribution in [3.05, 3.63) is 65.5 Å². The maximum absolute atomic E-state index is 13.7. The van der Waals surface area contributed by atoms with E-state index in [9.17, 15) is 4.79 Å². The van der Waals surface area contributed by atoms with Crippen molar-refractivity contribution in [3.8, 4) is 0 Å². The summed E-state index contributed by atoms with van der Waals surface area (Å²) in [6.45, 7) is 5.88. The van der Waals surface area contributed by atoms with E-state index in [0.29, 0.717) is 11.8 Å². The van der Waals surface area contributed by atoms with Gasteiger partial charge < -0.3 is 9.80 Å². The molecule has 1 aliphatic heterocycles. The Hall–Kier alpha value is -2.20. The first kappa shape index (κ1) is 20.1. The number of aromatic nitrogens is 1. The fourth-order valence-corrected chi connectivity index (χ4v) is 5.46. The number of hydrogen-bond acceptors (Lipinski definition) is 3. The number of pyridine rings is 1. The second kappa shape index (κ2) is 8.66. The zero-order chi connectivity index (χ0) is 20.3. The fourth-order valence-electron chi connectivity index (χ4n) is 5.46. The lowest BCUT2D eigenvalue weighted by Gasteiger charge is -2.34. The van der Waals surface area contributed by atoms with Crippen LogP contribution in [0.1, 0.15) is 48.8 Å². The highest BCUT2D eigenvalue weighted by Crippen LogP contribution is 2.44. The van der Waals surface area contributed by atoms with Gasteiger partial charge in [0.1, 0.15) is 0 Å². The van der Waals surface area contributed by atoms with Crippen LogP contribution in [0.2, 0.25) is 0 Å². The predicted molar refractivity (Wildman–Crippen MR) is 117 cm³/mol. The van der Waals surface area contributed by atoms with Crippen molar-refractivity contribution in [2.24, 2.45) is 5.92 Å². The van der Waals surface area contributed by atoms with E-state index in [-0.39, 0.29) is 5.41 Å². The molecular formula is C25H33N3O. The monoisotopic (exact) mass is 391 g/mol. The summed E-state index contributed by atoms with van der Waals surface area (Å²) in [5, 5.41) is 0. The van der Waals surface area contributed by atoms with E-state index < -0.39 is 0 Å². The van der Waals surface area contributed by atoms with Crippen molar-refractivity contribution in [2.75, 3.05) is 26.7 Å². The van der Waals surface area contributed by atoms with Crippen LogP contribution < -0.4 is 0 Å². The number of nitrogens with zero attached hydrogens (tertiary/aromatic N) is 3. The van der Waals surface area contributed by atoms with Gasteiger partial charge in [-0.2, -0.15) is 0 Å². The molecule has 1 aliphatic carbocycles. The summed E-state index contributed by atoms with van der Waals surface area (Å²) in [6.07, 6.45) is 9.17. The minimum Gasteiger partial charge on any atom is -0.342 e. The fraction of sp³-hybridized carbons (Fsp3) is 0.520. The third-order valence-corrected chi connectivity index (χ3v) is 6.85. The van der Waals surface area contributed by atoms with Crippen molar-refractivity contribution in [3.63, 3.8) is 0 Å². The quantitative estimate of drug-likeness (QED) is 0.741. The molecule has 1 amide bonds. The lowest BCUT2D eigenvalue weighted by molar-refractivity contribution is -0.136. The maximum atomic E-state index is 13.7. The topological polar surface area (TPSA) is 36.4 Å². The zero-order valence-corrected chi connectivity index (χ0v) is 17.8. The second-order valence-electron chi connectivity index (χ2n) is 9.07. The molecule has 154 valence electrons. The molecule has 0 radical (unpaired) electrons. The van der Waals surface area contributed by atoms with Crippen LogP contribution in [0.4, 0.5) is 0 Å². The van der Waals surface area contributed by atoms with Crippen LogP contribution >= 0.6 is 0 Å². The van der Waals surface area contributed by atoms with Gasteiger partial charge in [0, 0.05) is 38.6 Å². The first-order valence-corrected chi connectivity index (χ1v) is 11.0. The predicted octanol–water partition coefficient (Wildman–Crippen LogP) is 4.18. The third kappa shape index (κ3) is 4.23. The van der Waals surface area contributed by atoms with Gasteiger partial charge in [-0.1, -0.05) is 43.2 Å². The molecule has 0 N–H and O–H groups in total. The Morgan fingerprint density at radius 1 is 1.21 bits per heavy atom. The second-order valence-corrected chi connectivity index (χ2v) is 9.07. The van der Waals surface area contributed by atoms with Gasteiger partial charge in [-0.05, 0) is 61.9 Å². The van der Waals surface area contributed by atoms with E-state index in [4.69, 9.17) is 0 Å². The molecule has 1 saturated carbocycles. The summed E-state index contributed by atoms with van der Waals surface area (Å²) < 4.78 is 0. The van der Waals surface area contributed by atoms with Crippen LogP contribution in [-0.4, -0.2) is 47.4 Å². The largest absolute Gasteiger partial charge is 0.342 e. The van der Waals surface area contributed by atoms with Crippen molar-refractivity contribution in [1.29, 1.82) is 0 Å². The van der Waals surface area contributed by atoms with E-state index in [1.165, 1.54) is 16.7 Å². The van der Waals surface area contributed by atoms with Crippen molar-refractivity contribution < 1.29 is 4.79 Å². The molecule has 2 heterocycles. The average Bonchev–Trinajstić information content (AvgIpc) is 3.39. The zero-order valence-electron chi connectivity index (χ0n) is 17.8. The van der Waals surface area contributed by atoms with E-state index >= 15 is 0 Å². The molecule has 1 saturated heterocycles. The molecule has 1 aromatic heterocycles. The van der Waals surface area contributed by atoms with Crippen molar-refractivity contribution in [2.45, 2.75) is 51.0 Å². The number of likely N-dealkylation sites (tertiary alicyclic amines) is 1. The van der Waals surface area contributed by atoms with Gasteiger partial charge in [0.2, 0.25) is 5.91 Å². The van der Waals surface area contributed by atoms with Crippen LogP contribution in [0.25, 0.3) is 0 Å². The highest BCUT2D eigenvalue weighted by molar-refractivity contribution is 5.89. The molecule has 2 fully saturated rings. The molecule has 0 spiro atoms. The van der Waals surface area contributed by atoms with Crippen molar-refractivity contribution in [1.82, 2.24) is 14.8 Å². The Kier molecular flexibility index (Phi) is 6.00. The van der Waals surface area contributed by atoms with Gasteiger partial charge in [-0.25, -0.2) is 0 Å². The van der Waals surface area contributed by atoms with Gasteiger partial charge >= 0.3 is 0 Å². The number of hydrogen-bond donors (Lipinski definition) is 0. The van der Waals surface area contributed by atoms with Crippen LogP contribution in [-0.2, 0) is 16.8 Å². The molecule has 2 aromatic rings. The van der Waals surface area contributed by atoms with E-state index in [1.54, 1.807) is 0 Å². The summed E-state index contributed by atoms with van der Waals surface area (Å²) in [7, 11) is 2.17. The summed E-state index contributed by atoms with van der Waals surface area (Å²) in [5.74, 6) is 0.928. The van der Waals surface area contributed by atoms with Crippen LogP contribution in [0.5, 0.6) is 0 Å². The Morgan fingerprint density at radius 3 is 2.72 bits per heavy atom. The van der Waals surface area contributed by atoms with Crippen LogP contribution in [0, 0.1) is 12.8 Å². The Labute approximate surface area is 174 Å². The highest BCUT2D eigenvalue weighted by atomic mass is 16.2. The maximum Gasteiger partial charge on any atom is 0.233 e. The van der Waals surface area contributed by atoms with E-state index in [2.05, 4.69) is 59.1 Å². The van der Waals surface area contributed by atoms with Gasteiger partial charge in [0.05, 0.1) is 5.41 Å². The average molecular weight is 392 g/mol. The number of aryl methyl sites for hydroxylation is 1. The number of carbonyl (C=O) groups is 1. The molecule has 29 heavy (non-hydrogen) atoms. The first-order chi connectivity index (χ1) is 14.1. The molecule has 4 rings (SSSR count). The van der Waals surface area contributed by atoms with Crippen LogP contribution in [0.15, 0.2) is 48.8 Å². The minimum atomic E-state index is -0.290. The normalized spacial score (nSPS) is 21.1. The molecular weight excluding hydrogens is 358 g/mol. The SMILES string of the molecule is Cc1ccccc1C1(C(=O)N2CCC(CN(C)Cc3cccnc3)C2)CCCC1. The Balaban J connectivity index is 1.41. The smallest absolute Gasteiger partial charge is 0.233 e. The van der Waals surface area contributed by atoms with Gasteiger partial charge in [-0.15, -0.1) is 0 Å². The van der Waals surface area contributed by atoms with Gasteiger partial charge in [0.25, 0.3) is 0 Å². The van der Waals surface area contributed by atoms with Gasteiger partial charge in [-0.3, -0.25) is 9.78 Å². The summed E-state index contributed by atoms with van der Waals surface area (Å²) in [6, 6.07) is 12.6. The summed E-state index contributed by atoms with van der Waals surface area (Å²) >= 11 is 0. The lowest BCUT2D eigenvalue weighted by atomic mass is 9.75. The lowest BCUT2D eigenvalue weighted by Crippen LogP contribution is -2.45. The molecule has 4 heteroatoms. The Bertz CT molecular complexity index is 829. The number of rotatable bonds is 6. The summed E-state index contributed by atoms with van der Waals surface area (Å²) in [5.41, 5.74) is 3.47. The van der Waals surface area contributed by atoms with Crippen molar-refractivity contribution >= 4 is 5.91 Å². The highest BCUT2D eigenvalue weighted by Gasteiger charge is 2.46. The number of carbonyl (C=O) groups excluding carboxylic acids is 1. The van der Waals surface area contributed by atoms with E-state index in [1.807, 2.05) is 18.5 Å². The number of benzene rings is 1. The Morgan fingerprint density at radius 2 is 2.00 bits per heavy atom. The summed E-state index contributed by atoms with van der Waals surface area (Å²) in [4.78, 5) is 22.5. The van der Waals surface area contributed by atoms with Gasteiger partial charge in [0.15, 0.2) is 0 Å². The number of amides is 1. The van der Waals surface area contributed by atoms with Crippen LogP contribution in [0.3, 0.4) is 0 Å². The first-order valence-electron chi connectivity index (χ1n) is 11.0. The molecule has 4 nitrogen and oxygen atoms in total. The molecule has 0 bridgehead atoms. The molecule has 1 atom stereocenters. The third-order valence-electron chi connectivity index (χ3n) is 6.85. The van der Waals surface area contributed by atoms with E-state index in [0.717, 1.165) is 58.3 Å². The molecule has 2 aliphatic rings. The molecule has 1 unspecified atom stereocenters. The minimum absolute atomic E-state index is 0.290.